The molecule has 0 saturated heterocycles. The van der Waals surface area contributed by atoms with E-state index >= 15 is 0 Å². The van der Waals surface area contributed by atoms with Gasteiger partial charge in [0, 0.05) is 31.1 Å². The maximum Gasteiger partial charge on any atom is 0.260 e. The maximum absolute atomic E-state index is 13.0. The number of carbonyl (C=O) groups excluding carboxylic acids is 1. The van der Waals surface area contributed by atoms with Crippen molar-refractivity contribution < 1.29 is 4.79 Å². The lowest BCUT2D eigenvalue weighted by molar-refractivity contribution is 0.102. The summed E-state index contributed by atoms with van der Waals surface area (Å²) >= 11 is 0. The van der Waals surface area contributed by atoms with Crippen molar-refractivity contribution in [2.24, 2.45) is 7.05 Å². The second-order valence-corrected chi connectivity index (χ2v) is 6.55. The van der Waals surface area contributed by atoms with Crippen LogP contribution in [0.4, 0.5) is 5.82 Å². The molecule has 6 heteroatoms. The molecule has 0 unspecified atom stereocenters. The van der Waals surface area contributed by atoms with E-state index in [-0.39, 0.29) is 5.91 Å². The Morgan fingerprint density at radius 1 is 1.00 bits per heavy atom. The van der Waals surface area contributed by atoms with Crippen molar-refractivity contribution in [2.75, 3.05) is 5.32 Å². The van der Waals surface area contributed by atoms with Crippen molar-refractivity contribution in [3.05, 3.63) is 84.2 Å². The number of amides is 1. The van der Waals surface area contributed by atoms with Crippen LogP contribution in [0.3, 0.4) is 0 Å². The summed E-state index contributed by atoms with van der Waals surface area (Å²) in [5, 5.41) is 11.8. The molecule has 2 heterocycles. The predicted molar refractivity (Wildman–Crippen MR) is 110 cm³/mol. The Labute approximate surface area is 163 Å². The van der Waals surface area contributed by atoms with Crippen LogP contribution in [-0.2, 0) is 13.5 Å². The third-order valence-electron chi connectivity index (χ3n) is 4.57. The molecule has 0 spiro atoms. The van der Waals surface area contributed by atoms with Gasteiger partial charge in [0.2, 0.25) is 0 Å². The summed E-state index contributed by atoms with van der Waals surface area (Å²) in [7, 11) is 1.81. The first-order valence-corrected chi connectivity index (χ1v) is 9.19. The van der Waals surface area contributed by atoms with Gasteiger partial charge >= 0.3 is 0 Å². The second-order valence-electron chi connectivity index (χ2n) is 6.55. The standard InChI is InChI=1S/C22H21N5O/c1-3-16-9-11-17(12-10-16)21-19(22(28)23-20-13-14-26(2)24-20)15-27(25-21)18-7-5-4-6-8-18/h4-15H,3H2,1-2H3,(H,23,24,28). The van der Waals surface area contributed by atoms with Crippen molar-refractivity contribution in [1.29, 1.82) is 0 Å². The first-order chi connectivity index (χ1) is 13.6. The number of hydrogen-bond donors (Lipinski definition) is 1. The van der Waals surface area contributed by atoms with E-state index in [2.05, 4.69) is 29.5 Å². The molecule has 1 amide bonds. The molecule has 1 N–H and O–H groups in total. The Kier molecular flexibility index (Phi) is 4.76. The van der Waals surface area contributed by atoms with E-state index in [1.165, 1.54) is 5.56 Å². The zero-order valence-corrected chi connectivity index (χ0v) is 15.8. The third-order valence-corrected chi connectivity index (χ3v) is 4.57. The zero-order valence-electron chi connectivity index (χ0n) is 15.8. The summed E-state index contributed by atoms with van der Waals surface area (Å²) in [6, 6.07) is 19.7. The molecule has 0 saturated carbocycles. The van der Waals surface area contributed by atoms with E-state index in [1.54, 1.807) is 27.8 Å². The molecular weight excluding hydrogens is 350 g/mol. The van der Waals surface area contributed by atoms with Gasteiger partial charge in [0.05, 0.1) is 11.3 Å². The van der Waals surface area contributed by atoms with E-state index in [4.69, 9.17) is 5.10 Å². The lowest BCUT2D eigenvalue weighted by atomic mass is 10.0. The number of anilines is 1. The fourth-order valence-corrected chi connectivity index (χ4v) is 3.03. The van der Waals surface area contributed by atoms with Gasteiger partial charge in [-0.15, -0.1) is 0 Å². The number of rotatable bonds is 5. The highest BCUT2D eigenvalue weighted by Crippen LogP contribution is 2.25. The first kappa shape index (κ1) is 17.7. The lowest BCUT2D eigenvalue weighted by Gasteiger charge is -2.04. The Morgan fingerprint density at radius 3 is 2.39 bits per heavy atom. The van der Waals surface area contributed by atoms with Gasteiger partial charge in [0.1, 0.15) is 5.69 Å². The Morgan fingerprint density at radius 2 is 1.75 bits per heavy atom. The average molecular weight is 371 g/mol. The van der Waals surface area contributed by atoms with Crippen LogP contribution in [0.5, 0.6) is 0 Å². The molecule has 6 nitrogen and oxygen atoms in total. The predicted octanol–water partition coefficient (Wildman–Crippen LogP) is 4.09. The minimum Gasteiger partial charge on any atom is -0.305 e. The molecule has 0 atom stereocenters. The summed E-state index contributed by atoms with van der Waals surface area (Å²) in [5.74, 6) is 0.266. The lowest BCUT2D eigenvalue weighted by Crippen LogP contribution is -2.13. The monoisotopic (exact) mass is 371 g/mol. The maximum atomic E-state index is 13.0. The number of nitrogens with one attached hydrogen (secondary N) is 1. The van der Waals surface area contributed by atoms with Crippen LogP contribution >= 0.6 is 0 Å². The summed E-state index contributed by atoms with van der Waals surface area (Å²) < 4.78 is 3.38. The molecule has 4 rings (SSSR count). The largest absolute Gasteiger partial charge is 0.305 e. The molecule has 4 aromatic rings. The number of para-hydroxylation sites is 1. The second kappa shape index (κ2) is 7.52. The van der Waals surface area contributed by atoms with Gasteiger partial charge < -0.3 is 5.32 Å². The first-order valence-electron chi connectivity index (χ1n) is 9.19. The van der Waals surface area contributed by atoms with Crippen LogP contribution < -0.4 is 5.32 Å². The average Bonchev–Trinajstić information content (AvgIpc) is 3.35. The number of nitrogens with zero attached hydrogens (tertiary/aromatic N) is 4. The van der Waals surface area contributed by atoms with Crippen molar-refractivity contribution in [3.8, 4) is 16.9 Å². The van der Waals surface area contributed by atoms with Gasteiger partial charge in [-0.3, -0.25) is 9.48 Å². The number of hydrogen-bond acceptors (Lipinski definition) is 3. The number of benzene rings is 2. The van der Waals surface area contributed by atoms with Gasteiger partial charge in [-0.05, 0) is 24.1 Å². The summed E-state index contributed by atoms with van der Waals surface area (Å²) in [5.41, 5.74) is 4.17. The molecule has 0 aliphatic heterocycles. The summed E-state index contributed by atoms with van der Waals surface area (Å²) in [6.45, 7) is 2.12. The van der Waals surface area contributed by atoms with Gasteiger partial charge in [-0.25, -0.2) is 4.68 Å². The van der Waals surface area contributed by atoms with E-state index in [1.807, 2.05) is 49.5 Å². The van der Waals surface area contributed by atoms with E-state index in [0.29, 0.717) is 17.1 Å². The van der Waals surface area contributed by atoms with Gasteiger partial charge in [0.15, 0.2) is 5.82 Å². The minimum atomic E-state index is -0.240. The van der Waals surface area contributed by atoms with Gasteiger partial charge in [0.25, 0.3) is 5.91 Å². The normalized spacial score (nSPS) is 10.8. The molecule has 0 radical (unpaired) electrons. The quantitative estimate of drug-likeness (QED) is 0.575. The molecular formula is C22H21N5O. The van der Waals surface area contributed by atoms with Gasteiger partial charge in [-0.2, -0.15) is 10.2 Å². The van der Waals surface area contributed by atoms with E-state index < -0.39 is 0 Å². The van der Waals surface area contributed by atoms with Crippen LogP contribution in [0, 0.1) is 0 Å². The third kappa shape index (κ3) is 3.57. The molecule has 0 aliphatic carbocycles. The molecule has 0 fully saturated rings. The van der Waals surface area contributed by atoms with Gasteiger partial charge in [-0.1, -0.05) is 49.4 Å². The molecule has 2 aromatic heterocycles. The fourth-order valence-electron chi connectivity index (χ4n) is 3.03. The number of carbonyl (C=O) groups is 1. The Bertz CT molecular complexity index is 1090. The summed E-state index contributed by atoms with van der Waals surface area (Å²) in [4.78, 5) is 13.0. The zero-order chi connectivity index (χ0) is 19.5. The van der Waals surface area contributed by atoms with Crippen LogP contribution in [0.15, 0.2) is 73.1 Å². The molecule has 28 heavy (non-hydrogen) atoms. The highest BCUT2D eigenvalue weighted by Gasteiger charge is 2.19. The van der Waals surface area contributed by atoms with E-state index in [0.717, 1.165) is 17.7 Å². The SMILES string of the molecule is CCc1ccc(-c2nn(-c3ccccc3)cc2C(=O)Nc2ccn(C)n2)cc1. The molecule has 0 bridgehead atoms. The van der Waals surface area contributed by atoms with Crippen LogP contribution in [-0.4, -0.2) is 25.5 Å². The Hall–Kier alpha value is -3.67. The smallest absolute Gasteiger partial charge is 0.260 e. The van der Waals surface area contributed by atoms with Crippen molar-refractivity contribution in [3.63, 3.8) is 0 Å². The molecule has 2 aromatic carbocycles. The van der Waals surface area contributed by atoms with Crippen LogP contribution in [0.1, 0.15) is 22.8 Å². The number of aryl methyl sites for hydroxylation is 2. The molecule has 0 aliphatic rings. The number of aromatic nitrogens is 4. The highest BCUT2D eigenvalue weighted by molar-refractivity contribution is 6.07. The highest BCUT2D eigenvalue weighted by atomic mass is 16.1. The Balaban J connectivity index is 1.75. The van der Waals surface area contributed by atoms with Crippen molar-refractivity contribution >= 4 is 11.7 Å². The topological polar surface area (TPSA) is 64.7 Å². The van der Waals surface area contributed by atoms with Crippen LogP contribution in [0.25, 0.3) is 16.9 Å². The van der Waals surface area contributed by atoms with Crippen LogP contribution in [0.2, 0.25) is 0 Å². The fraction of sp³-hybridized carbons (Fsp3) is 0.136. The van der Waals surface area contributed by atoms with E-state index in [9.17, 15) is 4.79 Å². The van der Waals surface area contributed by atoms with Crippen molar-refractivity contribution in [2.45, 2.75) is 13.3 Å². The summed E-state index contributed by atoms with van der Waals surface area (Å²) in [6.07, 6.45) is 4.51. The van der Waals surface area contributed by atoms with Crippen molar-refractivity contribution in [1.82, 2.24) is 19.6 Å². The minimum absolute atomic E-state index is 0.240. The molecule has 140 valence electrons.